The van der Waals surface area contributed by atoms with Crippen molar-refractivity contribution in [2.45, 2.75) is 24.4 Å². The van der Waals surface area contributed by atoms with E-state index in [4.69, 9.17) is 0 Å². The Bertz CT molecular complexity index is 1320. The van der Waals surface area contributed by atoms with Crippen LogP contribution in [0.5, 0.6) is 0 Å². The van der Waals surface area contributed by atoms with Crippen molar-refractivity contribution in [1.82, 2.24) is 15.3 Å². The van der Waals surface area contributed by atoms with Crippen molar-refractivity contribution in [3.8, 4) is 11.4 Å². The van der Waals surface area contributed by atoms with Crippen LogP contribution in [0, 0.1) is 0 Å². The van der Waals surface area contributed by atoms with E-state index in [2.05, 4.69) is 14.7 Å². The molecule has 0 unspecified atom stereocenters. The highest BCUT2D eigenvalue weighted by molar-refractivity contribution is 7.92. The Morgan fingerprint density at radius 1 is 1.09 bits per heavy atom. The van der Waals surface area contributed by atoms with Gasteiger partial charge in [0.05, 0.1) is 4.90 Å². The summed E-state index contributed by atoms with van der Waals surface area (Å²) in [7, 11) is -4.07. The van der Waals surface area contributed by atoms with E-state index in [0.717, 1.165) is 24.3 Å². The van der Waals surface area contributed by atoms with Crippen LogP contribution in [0.1, 0.15) is 23.0 Å². The normalized spacial score (nSPS) is 11.8. The summed E-state index contributed by atoms with van der Waals surface area (Å²) >= 11 is 0. The maximum Gasteiger partial charge on any atom is 0.405 e. The molecule has 1 amide bonds. The maximum atomic E-state index is 12.7. The van der Waals surface area contributed by atoms with E-state index in [1.54, 1.807) is 17.4 Å². The number of nitrogens with zero attached hydrogens (tertiary/aromatic N) is 1. The molecule has 0 bridgehead atoms. The number of hydrogen-bond acceptors (Lipinski definition) is 5. The fraction of sp³-hybridized carbons (Fsp3) is 0.190. The highest BCUT2D eigenvalue weighted by Crippen LogP contribution is 2.22. The maximum absolute atomic E-state index is 12.7. The summed E-state index contributed by atoms with van der Waals surface area (Å²) < 4.78 is 64.5. The van der Waals surface area contributed by atoms with Crippen LogP contribution in [0.3, 0.4) is 0 Å². The Hall–Kier alpha value is -3.67. The van der Waals surface area contributed by atoms with E-state index < -0.39 is 28.7 Å². The lowest BCUT2D eigenvalue weighted by Gasteiger charge is -2.11. The number of carbonyl (C=O) groups is 1. The Kier molecular flexibility index (Phi) is 6.86. The van der Waals surface area contributed by atoms with Gasteiger partial charge in [0.25, 0.3) is 21.5 Å². The molecule has 0 radical (unpaired) electrons. The number of aromatic nitrogens is 2. The topological polar surface area (TPSA) is 121 Å². The second kappa shape index (κ2) is 9.45. The van der Waals surface area contributed by atoms with Gasteiger partial charge in [0, 0.05) is 28.6 Å². The van der Waals surface area contributed by atoms with E-state index in [1.807, 2.05) is 6.92 Å². The number of carbonyl (C=O) groups excluding carboxylic acids is 1. The number of aryl methyl sites for hydroxylation is 1. The number of sulfonamides is 1. The third-order valence-corrected chi connectivity index (χ3v) is 5.82. The predicted octanol–water partition coefficient (Wildman–Crippen LogP) is 3.09. The first kappa shape index (κ1) is 24.0. The number of rotatable bonds is 7. The number of benzene rings is 2. The standard InChI is InChI=1S/C21H19F3N4O4S/c1-2-15-11-18(29)27-19(26-15)14-4-3-5-16(10-14)28-33(31,32)17-8-6-13(7-9-17)20(30)25-12-21(22,23)24/h3-11,28H,2,12H2,1H3,(H,25,30)(H,26,27,29). The van der Waals surface area contributed by atoms with Crippen molar-refractivity contribution in [1.29, 1.82) is 0 Å². The minimum Gasteiger partial charge on any atom is -0.343 e. The fourth-order valence-corrected chi connectivity index (χ4v) is 3.89. The Labute approximate surface area is 186 Å². The fourth-order valence-electron chi connectivity index (χ4n) is 2.84. The summed E-state index contributed by atoms with van der Waals surface area (Å²) in [5.74, 6) is -0.692. The molecule has 0 atom stereocenters. The van der Waals surface area contributed by atoms with E-state index in [1.165, 1.54) is 18.2 Å². The van der Waals surface area contributed by atoms with Crippen LogP contribution < -0.4 is 15.6 Å². The summed E-state index contributed by atoms with van der Waals surface area (Å²) in [6.45, 7) is 0.354. The molecule has 0 aliphatic heterocycles. The van der Waals surface area contributed by atoms with Crippen molar-refractivity contribution >= 4 is 21.6 Å². The van der Waals surface area contributed by atoms with Crippen LogP contribution in [0.25, 0.3) is 11.4 Å². The molecule has 12 heteroatoms. The van der Waals surface area contributed by atoms with E-state index in [-0.39, 0.29) is 27.5 Å². The summed E-state index contributed by atoms with van der Waals surface area (Å²) in [5, 5.41) is 1.71. The van der Waals surface area contributed by atoms with Crippen molar-refractivity contribution < 1.29 is 26.4 Å². The molecule has 33 heavy (non-hydrogen) atoms. The highest BCUT2D eigenvalue weighted by Gasteiger charge is 2.28. The van der Waals surface area contributed by atoms with Gasteiger partial charge in [-0.05, 0) is 42.8 Å². The van der Waals surface area contributed by atoms with Gasteiger partial charge in [-0.25, -0.2) is 13.4 Å². The van der Waals surface area contributed by atoms with Gasteiger partial charge in [0.2, 0.25) is 0 Å². The summed E-state index contributed by atoms with van der Waals surface area (Å²) in [5.41, 5.74) is 0.815. The van der Waals surface area contributed by atoms with Crippen LogP contribution in [-0.2, 0) is 16.4 Å². The zero-order valence-corrected chi connectivity index (χ0v) is 18.0. The molecule has 0 aliphatic carbocycles. The second-order valence-electron chi connectivity index (χ2n) is 6.95. The van der Waals surface area contributed by atoms with Gasteiger partial charge < -0.3 is 10.3 Å². The minimum atomic E-state index is -4.56. The molecule has 1 aromatic heterocycles. The van der Waals surface area contributed by atoms with Crippen LogP contribution in [-0.4, -0.2) is 37.0 Å². The SMILES string of the molecule is CCc1cc(=O)[nH]c(-c2cccc(NS(=O)(=O)c3ccc(C(=O)NCC(F)(F)F)cc3)c2)n1. The average molecular weight is 480 g/mol. The molecule has 3 N–H and O–H groups in total. The molecule has 174 valence electrons. The Morgan fingerprint density at radius 3 is 2.42 bits per heavy atom. The minimum absolute atomic E-state index is 0.119. The first-order valence-corrected chi connectivity index (χ1v) is 11.1. The largest absolute Gasteiger partial charge is 0.405 e. The quantitative estimate of drug-likeness (QED) is 0.480. The van der Waals surface area contributed by atoms with E-state index in [0.29, 0.717) is 17.7 Å². The monoisotopic (exact) mass is 480 g/mol. The number of nitrogens with one attached hydrogen (secondary N) is 3. The lowest BCUT2D eigenvalue weighted by atomic mass is 10.2. The van der Waals surface area contributed by atoms with Crippen molar-refractivity contribution in [2.24, 2.45) is 0 Å². The Morgan fingerprint density at radius 2 is 1.79 bits per heavy atom. The molecule has 3 aromatic rings. The molecule has 0 saturated heterocycles. The smallest absolute Gasteiger partial charge is 0.343 e. The zero-order chi connectivity index (χ0) is 24.2. The Balaban J connectivity index is 1.78. The van der Waals surface area contributed by atoms with Gasteiger partial charge in [0.15, 0.2) is 0 Å². The van der Waals surface area contributed by atoms with Crippen LogP contribution in [0.2, 0.25) is 0 Å². The number of anilines is 1. The average Bonchev–Trinajstić information content (AvgIpc) is 2.76. The summed E-state index contributed by atoms with van der Waals surface area (Å²) in [6.07, 6.45) is -4.01. The zero-order valence-electron chi connectivity index (χ0n) is 17.2. The molecular weight excluding hydrogens is 461 g/mol. The third-order valence-electron chi connectivity index (χ3n) is 4.42. The molecule has 2 aromatic carbocycles. The van der Waals surface area contributed by atoms with Gasteiger partial charge in [-0.1, -0.05) is 19.1 Å². The number of H-pyrrole nitrogens is 1. The lowest BCUT2D eigenvalue weighted by Crippen LogP contribution is -2.33. The molecule has 0 fully saturated rings. The van der Waals surface area contributed by atoms with Crippen LogP contribution in [0.15, 0.2) is 64.3 Å². The first-order chi connectivity index (χ1) is 15.5. The van der Waals surface area contributed by atoms with E-state index >= 15 is 0 Å². The van der Waals surface area contributed by atoms with E-state index in [9.17, 15) is 31.2 Å². The van der Waals surface area contributed by atoms with Gasteiger partial charge in [0.1, 0.15) is 12.4 Å². The van der Waals surface area contributed by atoms with Crippen molar-refractivity contribution in [3.63, 3.8) is 0 Å². The summed E-state index contributed by atoms with van der Waals surface area (Å²) in [4.78, 5) is 30.3. The molecule has 1 heterocycles. The van der Waals surface area contributed by atoms with Crippen molar-refractivity contribution in [3.05, 3.63) is 76.2 Å². The number of amides is 1. The molecule has 0 saturated carbocycles. The number of alkyl halides is 3. The number of hydrogen-bond donors (Lipinski definition) is 3. The third kappa shape index (κ3) is 6.42. The molecule has 0 aliphatic rings. The first-order valence-electron chi connectivity index (χ1n) is 9.65. The van der Waals surface area contributed by atoms with Gasteiger partial charge in [-0.15, -0.1) is 0 Å². The molecule has 3 rings (SSSR count). The van der Waals surface area contributed by atoms with Crippen LogP contribution in [0.4, 0.5) is 18.9 Å². The summed E-state index contributed by atoms with van der Waals surface area (Å²) in [6, 6.07) is 12.1. The van der Waals surface area contributed by atoms with Gasteiger partial charge in [-0.3, -0.25) is 14.3 Å². The molecule has 0 spiro atoms. The van der Waals surface area contributed by atoms with Crippen LogP contribution >= 0.6 is 0 Å². The lowest BCUT2D eigenvalue weighted by molar-refractivity contribution is -0.123. The van der Waals surface area contributed by atoms with Gasteiger partial charge >= 0.3 is 6.18 Å². The molecule has 8 nitrogen and oxygen atoms in total. The number of aromatic amines is 1. The highest BCUT2D eigenvalue weighted by atomic mass is 32.2. The van der Waals surface area contributed by atoms with Crippen molar-refractivity contribution in [2.75, 3.05) is 11.3 Å². The number of halogens is 3. The second-order valence-corrected chi connectivity index (χ2v) is 8.63. The predicted molar refractivity (Wildman–Crippen MR) is 115 cm³/mol. The molecular formula is C21H19F3N4O4S. The van der Waals surface area contributed by atoms with Gasteiger partial charge in [-0.2, -0.15) is 13.2 Å².